The fourth-order valence-corrected chi connectivity index (χ4v) is 2.47. The minimum absolute atomic E-state index is 0.629. The van der Waals surface area contributed by atoms with Gasteiger partial charge in [-0.2, -0.15) is 5.10 Å². The summed E-state index contributed by atoms with van der Waals surface area (Å²) in [7, 11) is 3.57. The first-order valence-electron chi connectivity index (χ1n) is 7.54. The van der Waals surface area contributed by atoms with Crippen LogP contribution in [0.15, 0.2) is 54.9 Å². The highest BCUT2D eigenvalue weighted by Crippen LogP contribution is 2.27. The van der Waals surface area contributed by atoms with Crippen LogP contribution in [-0.4, -0.2) is 21.9 Å². The van der Waals surface area contributed by atoms with E-state index >= 15 is 0 Å². The Morgan fingerprint density at radius 2 is 1.87 bits per heavy atom. The Kier molecular flexibility index (Phi) is 4.68. The topological polar surface area (TPSA) is 52.0 Å². The summed E-state index contributed by atoms with van der Waals surface area (Å²) in [5, 5.41) is 7.60. The van der Waals surface area contributed by atoms with Crippen LogP contribution in [0.25, 0.3) is 11.1 Å². The Labute approximate surface area is 135 Å². The summed E-state index contributed by atoms with van der Waals surface area (Å²) in [6, 6.07) is 16.6. The smallest absolute Gasteiger partial charge is 0.164 e. The molecule has 1 N–H and O–H groups in total. The van der Waals surface area contributed by atoms with Gasteiger partial charge in [-0.25, -0.2) is 4.98 Å². The molecule has 0 amide bonds. The molecule has 118 valence electrons. The van der Waals surface area contributed by atoms with Gasteiger partial charge in [0.25, 0.3) is 0 Å². The predicted octanol–water partition coefficient (Wildman–Crippen LogP) is 2.78. The Morgan fingerprint density at radius 1 is 1.04 bits per heavy atom. The van der Waals surface area contributed by atoms with E-state index in [2.05, 4.69) is 45.7 Å². The zero-order valence-corrected chi connectivity index (χ0v) is 13.4. The molecule has 0 saturated heterocycles. The van der Waals surface area contributed by atoms with E-state index in [1.54, 1.807) is 18.1 Å². The van der Waals surface area contributed by atoms with Gasteiger partial charge in [0.2, 0.25) is 0 Å². The van der Waals surface area contributed by atoms with Crippen LogP contribution in [-0.2, 0) is 20.1 Å². The summed E-state index contributed by atoms with van der Waals surface area (Å²) in [6.45, 7) is 1.33. The fourth-order valence-electron chi connectivity index (χ4n) is 2.47. The van der Waals surface area contributed by atoms with Crippen LogP contribution in [0.1, 0.15) is 11.4 Å². The van der Waals surface area contributed by atoms with Crippen molar-refractivity contribution in [1.82, 2.24) is 20.1 Å². The minimum atomic E-state index is 0.629. The average Bonchev–Trinajstić information content (AvgIpc) is 3.01. The van der Waals surface area contributed by atoms with Crippen LogP contribution in [0.5, 0.6) is 5.75 Å². The highest BCUT2D eigenvalue weighted by atomic mass is 16.5. The normalized spacial score (nSPS) is 10.7. The van der Waals surface area contributed by atoms with Gasteiger partial charge in [-0.05, 0) is 17.2 Å². The summed E-state index contributed by atoms with van der Waals surface area (Å²) in [4.78, 5) is 4.20. The van der Waals surface area contributed by atoms with Crippen molar-refractivity contribution in [2.45, 2.75) is 13.1 Å². The Balaban J connectivity index is 1.70. The van der Waals surface area contributed by atoms with Gasteiger partial charge in [0.1, 0.15) is 12.1 Å². The van der Waals surface area contributed by atoms with Crippen molar-refractivity contribution in [2.24, 2.45) is 7.05 Å². The molecule has 23 heavy (non-hydrogen) atoms. The van der Waals surface area contributed by atoms with E-state index in [0.717, 1.165) is 22.7 Å². The van der Waals surface area contributed by atoms with Crippen molar-refractivity contribution < 1.29 is 4.74 Å². The number of hydrogen-bond acceptors (Lipinski definition) is 4. The Bertz CT molecular complexity index is 768. The third kappa shape index (κ3) is 3.76. The standard InChI is InChI=1S/C18H20N4O/c1-22-13-20-18(21-22)12-19-11-16-9-8-15(10-17(16)23-2)14-6-4-3-5-7-14/h3-10,13,19H,11-12H2,1-2H3. The van der Waals surface area contributed by atoms with Gasteiger partial charge < -0.3 is 10.1 Å². The zero-order chi connectivity index (χ0) is 16.1. The number of benzene rings is 2. The lowest BCUT2D eigenvalue weighted by Gasteiger charge is -2.11. The molecule has 5 nitrogen and oxygen atoms in total. The van der Waals surface area contributed by atoms with Gasteiger partial charge in [-0.15, -0.1) is 0 Å². The molecule has 5 heteroatoms. The number of nitrogens with zero attached hydrogens (tertiary/aromatic N) is 3. The molecule has 0 saturated carbocycles. The Hall–Kier alpha value is -2.66. The van der Waals surface area contributed by atoms with Gasteiger partial charge in [0, 0.05) is 19.2 Å². The second-order valence-corrected chi connectivity index (χ2v) is 5.33. The average molecular weight is 308 g/mol. The van der Waals surface area contributed by atoms with E-state index in [9.17, 15) is 0 Å². The van der Waals surface area contributed by atoms with E-state index < -0.39 is 0 Å². The molecule has 0 aliphatic rings. The van der Waals surface area contributed by atoms with Gasteiger partial charge >= 0.3 is 0 Å². The maximum absolute atomic E-state index is 5.54. The molecule has 1 aromatic heterocycles. The number of aromatic nitrogens is 3. The van der Waals surface area contributed by atoms with Gasteiger partial charge in [-0.1, -0.05) is 42.5 Å². The molecule has 0 bridgehead atoms. The molecule has 0 unspecified atom stereocenters. The fraction of sp³-hybridized carbons (Fsp3) is 0.222. The molecule has 0 radical (unpaired) electrons. The highest BCUT2D eigenvalue weighted by Gasteiger charge is 2.06. The predicted molar refractivity (Wildman–Crippen MR) is 90.0 cm³/mol. The first-order valence-corrected chi connectivity index (χ1v) is 7.54. The maximum Gasteiger partial charge on any atom is 0.164 e. The van der Waals surface area contributed by atoms with Crippen molar-refractivity contribution in [3.05, 3.63) is 66.2 Å². The lowest BCUT2D eigenvalue weighted by Crippen LogP contribution is -2.14. The van der Waals surface area contributed by atoms with Crippen LogP contribution in [0.3, 0.4) is 0 Å². The molecule has 0 spiro atoms. The molecule has 0 aliphatic carbocycles. The van der Waals surface area contributed by atoms with Crippen molar-refractivity contribution in [3.63, 3.8) is 0 Å². The molecule has 0 fully saturated rings. The van der Waals surface area contributed by atoms with Crippen molar-refractivity contribution in [3.8, 4) is 16.9 Å². The van der Waals surface area contributed by atoms with Gasteiger partial charge in [0.05, 0.1) is 13.7 Å². The zero-order valence-electron chi connectivity index (χ0n) is 13.4. The molecule has 3 rings (SSSR count). The monoisotopic (exact) mass is 308 g/mol. The van der Waals surface area contributed by atoms with E-state index in [4.69, 9.17) is 4.74 Å². The van der Waals surface area contributed by atoms with Crippen molar-refractivity contribution in [1.29, 1.82) is 0 Å². The summed E-state index contributed by atoms with van der Waals surface area (Å²) in [6.07, 6.45) is 1.70. The highest BCUT2D eigenvalue weighted by molar-refractivity contribution is 5.66. The maximum atomic E-state index is 5.54. The van der Waals surface area contributed by atoms with Crippen LogP contribution >= 0.6 is 0 Å². The third-order valence-corrected chi connectivity index (χ3v) is 3.64. The van der Waals surface area contributed by atoms with Crippen LogP contribution in [0, 0.1) is 0 Å². The number of aryl methyl sites for hydroxylation is 1. The minimum Gasteiger partial charge on any atom is -0.496 e. The number of hydrogen-bond donors (Lipinski definition) is 1. The molecule has 1 heterocycles. The summed E-state index contributed by atoms with van der Waals surface area (Å²) < 4.78 is 7.24. The molecular weight excluding hydrogens is 288 g/mol. The molecule has 0 atom stereocenters. The van der Waals surface area contributed by atoms with Gasteiger partial charge in [0.15, 0.2) is 5.82 Å². The number of methoxy groups -OCH3 is 1. The van der Waals surface area contributed by atoms with E-state index in [1.807, 2.05) is 25.2 Å². The lowest BCUT2D eigenvalue weighted by molar-refractivity contribution is 0.407. The molecule has 2 aromatic carbocycles. The molecule has 3 aromatic rings. The van der Waals surface area contributed by atoms with E-state index in [-0.39, 0.29) is 0 Å². The molecule has 0 aliphatic heterocycles. The number of ether oxygens (including phenoxy) is 1. The number of rotatable bonds is 6. The first-order chi connectivity index (χ1) is 11.3. The largest absolute Gasteiger partial charge is 0.496 e. The van der Waals surface area contributed by atoms with Gasteiger partial charge in [-0.3, -0.25) is 4.68 Å². The summed E-state index contributed by atoms with van der Waals surface area (Å²) in [5.74, 6) is 1.67. The third-order valence-electron chi connectivity index (χ3n) is 3.64. The van der Waals surface area contributed by atoms with Crippen LogP contribution in [0.4, 0.5) is 0 Å². The summed E-state index contributed by atoms with van der Waals surface area (Å²) in [5.41, 5.74) is 3.45. The Morgan fingerprint density at radius 3 is 2.57 bits per heavy atom. The van der Waals surface area contributed by atoms with Crippen LogP contribution < -0.4 is 10.1 Å². The summed E-state index contributed by atoms with van der Waals surface area (Å²) >= 11 is 0. The lowest BCUT2D eigenvalue weighted by atomic mass is 10.0. The SMILES string of the molecule is COc1cc(-c2ccccc2)ccc1CNCc1ncn(C)n1. The number of nitrogens with one attached hydrogen (secondary N) is 1. The second-order valence-electron chi connectivity index (χ2n) is 5.33. The molecular formula is C18H20N4O. The van der Waals surface area contributed by atoms with Crippen molar-refractivity contribution >= 4 is 0 Å². The second kappa shape index (κ2) is 7.07. The van der Waals surface area contributed by atoms with E-state index in [0.29, 0.717) is 13.1 Å². The quantitative estimate of drug-likeness (QED) is 0.761. The van der Waals surface area contributed by atoms with Crippen LogP contribution in [0.2, 0.25) is 0 Å². The van der Waals surface area contributed by atoms with Crippen molar-refractivity contribution in [2.75, 3.05) is 7.11 Å². The van der Waals surface area contributed by atoms with E-state index in [1.165, 1.54) is 5.56 Å². The first kappa shape index (κ1) is 15.2.